The molecular weight excluding hydrogens is 180 g/mol. The normalized spacial score (nSPS) is 29.6. The molecule has 0 aromatic heterocycles. The zero-order chi connectivity index (χ0) is 10.6. The van der Waals surface area contributed by atoms with Crippen LogP contribution in [-0.4, -0.2) is 36.8 Å². The van der Waals surface area contributed by atoms with E-state index in [2.05, 4.69) is 17.6 Å². The first kappa shape index (κ1) is 11.5. The van der Waals surface area contributed by atoms with Crippen LogP contribution in [0.15, 0.2) is 0 Å². The summed E-state index contributed by atoms with van der Waals surface area (Å²) in [6.07, 6.45) is 0.434. The van der Waals surface area contributed by atoms with Gasteiger partial charge >= 0.3 is 0 Å². The van der Waals surface area contributed by atoms with E-state index in [-0.39, 0.29) is 11.8 Å². The van der Waals surface area contributed by atoms with Crippen LogP contribution < -0.4 is 10.6 Å². The lowest BCUT2D eigenvalue weighted by molar-refractivity contribution is -0.127. The minimum absolute atomic E-state index is 0.0832. The molecule has 3 N–H and O–H groups in total. The molecule has 0 bridgehead atoms. The Morgan fingerprint density at radius 3 is 3.00 bits per heavy atom. The molecule has 0 aromatic rings. The molecule has 0 spiro atoms. The van der Waals surface area contributed by atoms with Crippen molar-refractivity contribution in [1.29, 1.82) is 0 Å². The molecule has 4 heteroatoms. The summed E-state index contributed by atoms with van der Waals surface area (Å²) in [4.78, 5) is 11.7. The first-order valence-electron chi connectivity index (χ1n) is 5.27. The zero-order valence-corrected chi connectivity index (χ0v) is 8.92. The van der Waals surface area contributed by atoms with Gasteiger partial charge in [0.2, 0.25) is 5.91 Å². The Morgan fingerprint density at radius 2 is 2.43 bits per heavy atom. The van der Waals surface area contributed by atoms with Gasteiger partial charge < -0.3 is 15.7 Å². The standard InChI is InChI=1S/C10H20N2O2/c1-7-5-11-4-3-9(7)10(14)12-6-8(2)13/h7-9,11,13H,3-6H2,1-2H3,(H,12,14)/t7?,8-,9?/m1/s1. The van der Waals surface area contributed by atoms with Gasteiger partial charge in [0, 0.05) is 12.5 Å². The molecule has 1 saturated heterocycles. The number of rotatable bonds is 3. The molecule has 3 atom stereocenters. The second kappa shape index (κ2) is 5.32. The first-order valence-corrected chi connectivity index (χ1v) is 5.27. The van der Waals surface area contributed by atoms with Crippen molar-refractivity contribution in [1.82, 2.24) is 10.6 Å². The highest BCUT2D eigenvalue weighted by Crippen LogP contribution is 2.18. The fourth-order valence-electron chi connectivity index (χ4n) is 1.78. The predicted octanol–water partition coefficient (Wildman–Crippen LogP) is -0.271. The Labute approximate surface area is 85.1 Å². The van der Waals surface area contributed by atoms with Gasteiger partial charge in [-0.2, -0.15) is 0 Å². The summed E-state index contributed by atoms with van der Waals surface area (Å²) in [6.45, 7) is 5.93. The molecule has 1 aliphatic rings. The van der Waals surface area contributed by atoms with Crippen LogP contribution >= 0.6 is 0 Å². The molecule has 0 saturated carbocycles. The average Bonchev–Trinajstić information content (AvgIpc) is 2.15. The van der Waals surface area contributed by atoms with Gasteiger partial charge in [0.25, 0.3) is 0 Å². The maximum atomic E-state index is 11.7. The highest BCUT2D eigenvalue weighted by Gasteiger charge is 2.27. The topological polar surface area (TPSA) is 61.4 Å². The predicted molar refractivity (Wildman–Crippen MR) is 54.8 cm³/mol. The lowest BCUT2D eigenvalue weighted by atomic mass is 9.87. The number of aliphatic hydroxyl groups excluding tert-OH is 1. The molecule has 1 rings (SSSR count). The molecule has 82 valence electrons. The summed E-state index contributed by atoms with van der Waals surface area (Å²) in [6, 6.07) is 0. The summed E-state index contributed by atoms with van der Waals surface area (Å²) >= 11 is 0. The smallest absolute Gasteiger partial charge is 0.223 e. The fraction of sp³-hybridized carbons (Fsp3) is 0.900. The van der Waals surface area contributed by atoms with Gasteiger partial charge in [0.05, 0.1) is 6.10 Å². The summed E-state index contributed by atoms with van der Waals surface area (Å²) in [5.74, 6) is 0.577. The Kier molecular flexibility index (Phi) is 4.35. The van der Waals surface area contributed by atoms with Gasteiger partial charge in [-0.15, -0.1) is 0 Å². The Bertz CT molecular complexity index is 195. The van der Waals surface area contributed by atoms with Crippen LogP contribution in [0, 0.1) is 11.8 Å². The maximum absolute atomic E-state index is 11.7. The lowest BCUT2D eigenvalue weighted by Crippen LogP contribution is -2.44. The molecule has 4 nitrogen and oxygen atoms in total. The zero-order valence-electron chi connectivity index (χ0n) is 8.92. The van der Waals surface area contributed by atoms with Gasteiger partial charge in [-0.05, 0) is 32.4 Å². The molecular formula is C10H20N2O2. The van der Waals surface area contributed by atoms with E-state index in [4.69, 9.17) is 5.11 Å². The van der Waals surface area contributed by atoms with E-state index < -0.39 is 6.10 Å². The van der Waals surface area contributed by atoms with E-state index in [0.717, 1.165) is 19.5 Å². The molecule has 1 heterocycles. The van der Waals surface area contributed by atoms with Gasteiger partial charge in [-0.1, -0.05) is 6.92 Å². The van der Waals surface area contributed by atoms with Crippen LogP contribution in [0.5, 0.6) is 0 Å². The summed E-state index contributed by atoms with van der Waals surface area (Å²) in [5.41, 5.74) is 0. The second-order valence-corrected chi connectivity index (χ2v) is 4.17. The summed E-state index contributed by atoms with van der Waals surface area (Å²) in [5, 5.41) is 15.1. The SMILES string of the molecule is CC1CNCCC1C(=O)NC[C@@H](C)O. The fourth-order valence-corrected chi connectivity index (χ4v) is 1.78. The van der Waals surface area contributed by atoms with Crippen LogP contribution in [-0.2, 0) is 4.79 Å². The third-order valence-electron chi connectivity index (χ3n) is 2.69. The molecule has 2 unspecified atom stereocenters. The number of aliphatic hydroxyl groups is 1. The summed E-state index contributed by atoms with van der Waals surface area (Å²) in [7, 11) is 0. The maximum Gasteiger partial charge on any atom is 0.223 e. The van der Waals surface area contributed by atoms with Crippen LogP contribution in [0.1, 0.15) is 20.3 Å². The second-order valence-electron chi connectivity index (χ2n) is 4.17. The highest BCUT2D eigenvalue weighted by atomic mass is 16.3. The Balaban J connectivity index is 2.34. The Hall–Kier alpha value is -0.610. The number of hydrogen-bond donors (Lipinski definition) is 3. The van der Waals surface area contributed by atoms with Crippen molar-refractivity contribution in [3.05, 3.63) is 0 Å². The minimum atomic E-state index is -0.462. The molecule has 1 amide bonds. The number of carbonyl (C=O) groups is 1. The molecule has 0 aromatic carbocycles. The number of hydrogen-bond acceptors (Lipinski definition) is 3. The van der Waals surface area contributed by atoms with Gasteiger partial charge in [-0.25, -0.2) is 0 Å². The number of piperidine rings is 1. The first-order chi connectivity index (χ1) is 6.61. The largest absolute Gasteiger partial charge is 0.392 e. The third kappa shape index (κ3) is 3.27. The van der Waals surface area contributed by atoms with Gasteiger partial charge in [0.15, 0.2) is 0 Å². The number of carbonyl (C=O) groups excluding carboxylic acids is 1. The third-order valence-corrected chi connectivity index (χ3v) is 2.69. The monoisotopic (exact) mass is 200 g/mol. The minimum Gasteiger partial charge on any atom is -0.392 e. The number of nitrogens with one attached hydrogen (secondary N) is 2. The van der Waals surface area contributed by atoms with Crippen molar-refractivity contribution < 1.29 is 9.90 Å². The van der Waals surface area contributed by atoms with Crippen molar-refractivity contribution >= 4 is 5.91 Å². The van der Waals surface area contributed by atoms with E-state index in [0.29, 0.717) is 12.5 Å². The molecule has 0 aliphatic carbocycles. The Morgan fingerprint density at radius 1 is 1.71 bits per heavy atom. The average molecular weight is 200 g/mol. The molecule has 1 aliphatic heterocycles. The van der Waals surface area contributed by atoms with Crippen molar-refractivity contribution in [2.45, 2.75) is 26.4 Å². The molecule has 0 radical (unpaired) electrons. The van der Waals surface area contributed by atoms with E-state index >= 15 is 0 Å². The van der Waals surface area contributed by atoms with Crippen molar-refractivity contribution in [2.75, 3.05) is 19.6 Å². The van der Waals surface area contributed by atoms with E-state index in [1.54, 1.807) is 6.92 Å². The van der Waals surface area contributed by atoms with Crippen LogP contribution in [0.2, 0.25) is 0 Å². The van der Waals surface area contributed by atoms with E-state index in [1.165, 1.54) is 0 Å². The van der Waals surface area contributed by atoms with Crippen molar-refractivity contribution in [2.24, 2.45) is 11.8 Å². The van der Waals surface area contributed by atoms with E-state index in [9.17, 15) is 4.79 Å². The number of amides is 1. The van der Waals surface area contributed by atoms with Crippen molar-refractivity contribution in [3.63, 3.8) is 0 Å². The molecule has 14 heavy (non-hydrogen) atoms. The van der Waals surface area contributed by atoms with E-state index in [1.807, 2.05) is 0 Å². The highest BCUT2D eigenvalue weighted by molar-refractivity contribution is 5.79. The van der Waals surface area contributed by atoms with Crippen molar-refractivity contribution in [3.8, 4) is 0 Å². The van der Waals surface area contributed by atoms with Gasteiger partial charge in [0.1, 0.15) is 0 Å². The van der Waals surface area contributed by atoms with Gasteiger partial charge in [-0.3, -0.25) is 4.79 Å². The van der Waals surface area contributed by atoms with Crippen LogP contribution in [0.25, 0.3) is 0 Å². The van der Waals surface area contributed by atoms with Crippen LogP contribution in [0.3, 0.4) is 0 Å². The lowest BCUT2D eigenvalue weighted by Gasteiger charge is -2.28. The quantitative estimate of drug-likeness (QED) is 0.587. The van der Waals surface area contributed by atoms with Crippen LogP contribution in [0.4, 0.5) is 0 Å². The summed E-state index contributed by atoms with van der Waals surface area (Å²) < 4.78 is 0. The molecule has 1 fully saturated rings.